The van der Waals surface area contributed by atoms with Gasteiger partial charge in [-0.2, -0.15) is 0 Å². The molecule has 0 spiro atoms. The first-order chi connectivity index (χ1) is 18.6. The molecule has 0 saturated heterocycles. The number of nitro benzene ring substituents is 1. The fourth-order valence-corrected chi connectivity index (χ4v) is 4.66. The highest BCUT2D eigenvalue weighted by Gasteiger charge is 2.39. The van der Waals surface area contributed by atoms with Crippen molar-refractivity contribution < 1.29 is 24.0 Å². The molecule has 0 saturated carbocycles. The van der Waals surface area contributed by atoms with Crippen LogP contribution in [-0.4, -0.2) is 55.1 Å². The van der Waals surface area contributed by atoms with Crippen LogP contribution in [-0.2, 0) is 25.5 Å². The molecule has 1 aliphatic heterocycles. The van der Waals surface area contributed by atoms with Crippen LogP contribution in [0.25, 0.3) is 0 Å². The van der Waals surface area contributed by atoms with Crippen LogP contribution >= 0.6 is 11.6 Å². The molecule has 1 aliphatic rings. The number of nitrogens with one attached hydrogen (secondary N) is 1. The molecular formula is C29H34ClN3O6. The molecule has 0 aromatic heterocycles. The standard InChI is InChI=1S/C29H34ClN3O6/c1-5-16-38-28(34)25-19(2)31-20(3)26(27(25)23-18-22(33(36)37)11-12-24(23)30)29(35)39-17-15-32(4)14-13-21-9-7-6-8-10-21/h6-12,18,27,31H,5,13-17H2,1-4H3. The number of likely N-dealkylation sites (N-methyl/N-ethyl adjacent to an activating group) is 1. The Labute approximate surface area is 233 Å². The number of carbonyl (C=O) groups excluding carboxylic acids is 2. The second kappa shape index (κ2) is 13.9. The third kappa shape index (κ3) is 7.68. The first-order valence-corrected chi connectivity index (χ1v) is 13.2. The predicted molar refractivity (Wildman–Crippen MR) is 149 cm³/mol. The Bertz CT molecular complexity index is 1280. The Morgan fingerprint density at radius 2 is 1.62 bits per heavy atom. The average molecular weight is 556 g/mol. The molecule has 2 aromatic carbocycles. The summed E-state index contributed by atoms with van der Waals surface area (Å²) in [4.78, 5) is 39.7. The number of hydrogen-bond acceptors (Lipinski definition) is 8. The molecule has 1 unspecified atom stereocenters. The van der Waals surface area contributed by atoms with Gasteiger partial charge in [0.15, 0.2) is 0 Å². The summed E-state index contributed by atoms with van der Waals surface area (Å²) in [5.74, 6) is -2.28. The lowest BCUT2D eigenvalue weighted by molar-refractivity contribution is -0.384. The van der Waals surface area contributed by atoms with E-state index in [0.717, 1.165) is 13.0 Å². The maximum atomic E-state index is 13.5. The highest BCUT2D eigenvalue weighted by atomic mass is 35.5. The maximum Gasteiger partial charge on any atom is 0.336 e. The minimum Gasteiger partial charge on any atom is -0.462 e. The number of non-ortho nitro benzene ring substituents is 1. The van der Waals surface area contributed by atoms with Crippen molar-refractivity contribution in [3.63, 3.8) is 0 Å². The fraction of sp³-hybridized carbons (Fsp3) is 0.379. The van der Waals surface area contributed by atoms with Gasteiger partial charge in [-0.25, -0.2) is 9.59 Å². The van der Waals surface area contributed by atoms with Gasteiger partial charge in [-0.15, -0.1) is 0 Å². The Kier molecular flexibility index (Phi) is 10.7. The summed E-state index contributed by atoms with van der Waals surface area (Å²) in [6.45, 7) is 6.84. The van der Waals surface area contributed by atoms with Crippen molar-refractivity contribution in [2.75, 3.05) is 33.4 Å². The molecule has 1 N–H and O–H groups in total. The van der Waals surface area contributed by atoms with Gasteiger partial charge in [0.2, 0.25) is 0 Å². The van der Waals surface area contributed by atoms with Crippen LogP contribution in [0.5, 0.6) is 0 Å². The topological polar surface area (TPSA) is 111 Å². The van der Waals surface area contributed by atoms with Crippen molar-refractivity contribution in [2.45, 2.75) is 39.5 Å². The second-order valence-corrected chi connectivity index (χ2v) is 9.82. The van der Waals surface area contributed by atoms with E-state index < -0.39 is 22.8 Å². The summed E-state index contributed by atoms with van der Waals surface area (Å²) >= 11 is 6.51. The number of halogens is 1. The van der Waals surface area contributed by atoms with E-state index in [1.54, 1.807) is 13.8 Å². The van der Waals surface area contributed by atoms with Crippen molar-refractivity contribution in [2.24, 2.45) is 0 Å². The van der Waals surface area contributed by atoms with Crippen molar-refractivity contribution in [3.8, 4) is 0 Å². The fourth-order valence-electron chi connectivity index (χ4n) is 4.43. The number of benzene rings is 2. The Balaban J connectivity index is 1.85. The van der Waals surface area contributed by atoms with E-state index >= 15 is 0 Å². The normalized spacial score (nSPS) is 15.3. The molecule has 1 heterocycles. The van der Waals surface area contributed by atoms with Gasteiger partial charge in [0.1, 0.15) is 6.61 Å². The molecule has 2 aromatic rings. The predicted octanol–water partition coefficient (Wildman–Crippen LogP) is 5.15. The molecule has 9 nitrogen and oxygen atoms in total. The lowest BCUT2D eigenvalue weighted by Gasteiger charge is -2.31. The van der Waals surface area contributed by atoms with Gasteiger partial charge in [-0.1, -0.05) is 48.9 Å². The van der Waals surface area contributed by atoms with Crippen LogP contribution in [0.15, 0.2) is 71.1 Å². The van der Waals surface area contributed by atoms with Gasteiger partial charge >= 0.3 is 11.9 Å². The van der Waals surface area contributed by atoms with Crippen LogP contribution in [0.2, 0.25) is 5.02 Å². The van der Waals surface area contributed by atoms with Crippen molar-refractivity contribution in [1.29, 1.82) is 0 Å². The number of dihydropyridines is 1. The zero-order valence-corrected chi connectivity index (χ0v) is 23.4. The second-order valence-electron chi connectivity index (χ2n) is 9.41. The van der Waals surface area contributed by atoms with Crippen molar-refractivity contribution in [1.82, 2.24) is 10.2 Å². The van der Waals surface area contributed by atoms with Crippen LogP contribution in [0.3, 0.4) is 0 Å². The number of carbonyl (C=O) groups is 2. The first-order valence-electron chi connectivity index (χ1n) is 12.8. The number of nitro groups is 1. The Hall–Kier alpha value is -3.69. The van der Waals surface area contributed by atoms with Gasteiger partial charge in [0.25, 0.3) is 5.69 Å². The first kappa shape index (κ1) is 29.9. The number of nitrogens with zero attached hydrogens (tertiary/aromatic N) is 2. The summed E-state index contributed by atoms with van der Waals surface area (Å²) in [7, 11) is 1.95. The number of ether oxygens (including phenoxy) is 2. The maximum absolute atomic E-state index is 13.5. The minimum atomic E-state index is -1.01. The van der Waals surface area contributed by atoms with Crippen LogP contribution in [0, 0.1) is 10.1 Å². The summed E-state index contributed by atoms with van der Waals surface area (Å²) in [5.41, 5.74) is 2.50. The molecule has 0 radical (unpaired) electrons. The van der Waals surface area contributed by atoms with E-state index in [2.05, 4.69) is 22.3 Å². The Morgan fingerprint density at radius 3 is 2.21 bits per heavy atom. The summed E-state index contributed by atoms with van der Waals surface area (Å²) in [5, 5.41) is 14.8. The average Bonchev–Trinajstić information content (AvgIpc) is 2.90. The van der Waals surface area contributed by atoms with E-state index in [4.69, 9.17) is 21.1 Å². The minimum absolute atomic E-state index is 0.120. The van der Waals surface area contributed by atoms with Crippen LogP contribution in [0.1, 0.15) is 44.2 Å². The highest BCUT2D eigenvalue weighted by molar-refractivity contribution is 6.31. The van der Waals surface area contributed by atoms with E-state index in [0.29, 0.717) is 24.4 Å². The lowest BCUT2D eigenvalue weighted by atomic mass is 9.80. The van der Waals surface area contributed by atoms with Gasteiger partial charge in [-0.05, 0) is 50.9 Å². The molecule has 0 fully saturated rings. The smallest absolute Gasteiger partial charge is 0.336 e. The molecular weight excluding hydrogens is 522 g/mol. The molecule has 39 heavy (non-hydrogen) atoms. The highest BCUT2D eigenvalue weighted by Crippen LogP contribution is 2.43. The monoisotopic (exact) mass is 555 g/mol. The summed E-state index contributed by atoms with van der Waals surface area (Å²) in [6, 6.07) is 14.1. The number of allylic oxidation sites excluding steroid dienone is 2. The SMILES string of the molecule is CCCOC(=O)C1=C(C)NC(C)=C(C(=O)OCCN(C)CCc2ccccc2)C1c1cc([N+](=O)[O-])ccc1Cl. The summed E-state index contributed by atoms with van der Waals surface area (Å²) in [6.07, 6.45) is 1.47. The van der Waals surface area contributed by atoms with Gasteiger partial charge in [0, 0.05) is 41.6 Å². The molecule has 208 valence electrons. The van der Waals surface area contributed by atoms with Crippen molar-refractivity contribution in [3.05, 3.63) is 97.3 Å². The molecule has 0 bridgehead atoms. The lowest BCUT2D eigenvalue weighted by Crippen LogP contribution is -2.33. The van der Waals surface area contributed by atoms with Crippen LogP contribution in [0.4, 0.5) is 5.69 Å². The molecule has 1 atom stereocenters. The molecule has 3 rings (SSSR count). The van der Waals surface area contributed by atoms with Crippen molar-refractivity contribution >= 4 is 29.2 Å². The van der Waals surface area contributed by atoms with Gasteiger partial charge < -0.3 is 19.7 Å². The van der Waals surface area contributed by atoms with E-state index in [-0.39, 0.29) is 40.6 Å². The van der Waals surface area contributed by atoms with Gasteiger partial charge in [-0.3, -0.25) is 10.1 Å². The zero-order valence-electron chi connectivity index (χ0n) is 22.7. The number of rotatable bonds is 12. The Morgan fingerprint density at radius 1 is 1.00 bits per heavy atom. The third-order valence-corrected chi connectivity index (χ3v) is 6.81. The molecule has 0 aliphatic carbocycles. The molecule has 10 heteroatoms. The molecule has 0 amide bonds. The van der Waals surface area contributed by atoms with E-state index in [1.807, 2.05) is 32.2 Å². The summed E-state index contributed by atoms with van der Waals surface area (Å²) < 4.78 is 11.1. The quantitative estimate of drug-likeness (QED) is 0.217. The zero-order chi connectivity index (χ0) is 28.5. The van der Waals surface area contributed by atoms with Gasteiger partial charge in [0.05, 0.1) is 28.6 Å². The number of hydrogen-bond donors (Lipinski definition) is 1. The largest absolute Gasteiger partial charge is 0.462 e. The van der Waals surface area contributed by atoms with E-state index in [9.17, 15) is 19.7 Å². The van der Waals surface area contributed by atoms with Crippen LogP contribution < -0.4 is 5.32 Å². The van der Waals surface area contributed by atoms with E-state index in [1.165, 1.54) is 23.8 Å². The third-order valence-electron chi connectivity index (χ3n) is 6.47. The number of esters is 2.